The van der Waals surface area contributed by atoms with Crippen LogP contribution >= 0.6 is 0 Å². The molecule has 1 saturated heterocycles. The number of hydrogen-bond donors (Lipinski definition) is 2. The predicted molar refractivity (Wildman–Crippen MR) is 105 cm³/mol. The van der Waals surface area contributed by atoms with E-state index in [1.54, 1.807) is 0 Å². The summed E-state index contributed by atoms with van der Waals surface area (Å²) in [6.07, 6.45) is -5.17. The van der Waals surface area contributed by atoms with E-state index in [1.165, 1.54) is 0 Å². The van der Waals surface area contributed by atoms with Crippen molar-refractivity contribution in [1.82, 2.24) is 24.8 Å². The summed E-state index contributed by atoms with van der Waals surface area (Å²) in [4.78, 5) is 59.3. The lowest BCUT2D eigenvalue weighted by molar-refractivity contribution is -0.166. The molecule has 1 amide bonds. The lowest BCUT2D eigenvalue weighted by Crippen LogP contribution is -2.42. The highest BCUT2D eigenvalue weighted by atomic mass is 16.7. The zero-order chi connectivity index (χ0) is 24.4. The molecular weight excluding hydrogens is 446 g/mol. The number of nitrogens with zero attached hydrogens (tertiary/aromatic N) is 5. The fraction of sp³-hybridized carbons (Fsp3) is 0.529. The Bertz CT molecular complexity index is 1170. The number of carbonyl (C=O) groups excluding carboxylic acids is 4. The third kappa shape index (κ3) is 4.89. The van der Waals surface area contributed by atoms with Gasteiger partial charge in [-0.3, -0.25) is 24.0 Å². The molecule has 178 valence electrons. The average molecular weight is 467 g/mol. The highest BCUT2D eigenvalue weighted by Crippen LogP contribution is 2.33. The molecule has 1 aliphatic heterocycles. The predicted octanol–water partition coefficient (Wildman–Crippen LogP) is -2.62. The first-order chi connectivity index (χ1) is 15.5. The molecule has 1 fully saturated rings. The summed E-state index contributed by atoms with van der Waals surface area (Å²) in [6.45, 7) is 2.52. The minimum absolute atomic E-state index is 0.0902. The Hall–Kier alpha value is -4.08. The Morgan fingerprint density at radius 1 is 1.06 bits per heavy atom. The normalized spacial score (nSPS) is 22.2. The van der Waals surface area contributed by atoms with E-state index in [0.29, 0.717) is 0 Å². The molecule has 16 heteroatoms. The number of ether oxygens (including phenoxy) is 4. The molecule has 2 aromatic heterocycles. The molecule has 33 heavy (non-hydrogen) atoms. The third-order valence-electron chi connectivity index (χ3n) is 4.49. The van der Waals surface area contributed by atoms with E-state index < -0.39 is 60.5 Å². The van der Waals surface area contributed by atoms with Gasteiger partial charge in [0.2, 0.25) is 5.91 Å². The van der Waals surface area contributed by atoms with Gasteiger partial charge in [0.25, 0.3) is 5.56 Å². The van der Waals surface area contributed by atoms with Crippen molar-refractivity contribution < 1.29 is 38.1 Å². The van der Waals surface area contributed by atoms with E-state index in [1.807, 2.05) is 0 Å². The van der Waals surface area contributed by atoms with Gasteiger partial charge < -0.3 is 30.4 Å². The number of amides is 1. The van der Waals surface area contributed by atoms with Crippen molar-refractivity contribution in [2.75, 3.05) is 12.3 Å². The summed E-state index contributed by atoms with van der Waals surface area (Å²) in [5, 5.41) is 11.5. The van der Waals surface area contributed by atoms with Crippen molar-refractivity contribution in [3.05, 3.63) is 10.4 Å². The Balaban J connectivity index is 2.11. The van der Waals surface area contributed by atoms with Gasteiger partial charge in [-0.1, -0.05) is 5.21 Å². The molecule has 4 atom stereocenters. The molecule has 3 rings (SSSR count). The van der Waals surface area contributed by atoms with E-state index in [0.717, 1.165) is 30.1 Å². The van der Waals surface area contributed by atoms with Crippen LogP contribution in [0.1, 0.15) is 27.0 Å². The van der Waals surface area contributed by atoms with E-state index in [4.69, 9.17) is 30.4 Å². The molecule has 4 unspecified atom stereocenters. The third-order valence-corrected chi connectivity index (χ3v) is 4.49. The number of carbonyl (C=O) groups is 4. The average Bonchev–Trinajstić information content (AvgIpc) is 3.17. The number of hydrogen-bond acceptors (Lipinski definition) is 13. The summed E-state index contributed by atoms with van der Waals surface area (Å²) in [7, 11) is 0. The molecule has 0 radical (unpaired) electrons. The van der Waals surface area contributed by atoms with Gasteiger partial charge in [-0.05, 0) is 0 Å². The van der Waals surface area contributed by atoms with E-state index >= 15 is 0 Å². The SMILES string of the molecule is CC(=O)OCC1OC(n2nnc3c(N)nn(CC(N)=O)c3c2=O)C(OC(C)=O)C1OC(C)=O. The maximum absolute atomic E-state index is 13.2. The van der Waals surface area contributed by atoms with Crippen LogP contribution in [0.5, 0.6) is 0 Å². The monoisotopic (exact) mass is 467 g/mol. The Labute approximate surface area is 184 Å². The quantitative estimate of drug-likeness (QED) is 0.315. The molecule has 0 aromatic carbocycles. The zero-order valence-electron chi connectivity index (χ0n) is 17.8. The Morgan fingerprint density at radius 2 is 1.70 bits per heavy atom. The molecule has 0 saturated carbocycles. The van der Waals surface area contributed by atoms with Crippen LogP contribution in [0.3, 0.4) is 0 Å². The van der Waals surface area contributed by atoms with Gasteiger partial charge in [0.1, 0.15) is 19.3 Å². The van der Waals surface area contributed by atoms with Gasteiger partial charge in [0.05, 0.1) is 0 Å². The zero-order valence-corrected chi connectivity index (χ0v) is 17.8. The van der Waals surface area contributed by atoms with Crippen LogP contribution in [0.25, 0.3) is 11.0 Å². The van der Waals surface area contributed by atoms with Crippen LogP contribution in [0, 0.1) is 0 Å². The van der Waals surface area contributed by atoms with Crippen molar-refractivity contribution in [1.29, 1.82) is 0 Å². The van der Waals surface area contributed by atoms with Crippen molar-refractivity contribution in [3.63, 3.8) is 0 Å². The van der Waals surface area contributed by atoms with Gasteiger partial charge in [-0.2, -0.15) is 9.78 Å². The van der Waals surface area contributed by atoms with Gasteiger partial charge in [0.15, 0.2) is 35.3 Å². The molecular formula is C17H21N7O9. The van der Waals surface area contributed by atoms with Gasteiger partial charge in [-0.15, -0.1) is 5.10 Å². The van der Waals surface area contributed by atoms with E-state index in [2.05, 4.69) is 15.4 Å². The topological polar surface area (TPSA) is 223 Å². The highest BCUT2D eigenvalue weighted by molar-refractivity contribution is 5.85. The summed E-state index contributed by atoms with van der Waals surface area (Å²) in [6, 6.07) is 0. The van der Waals surface area contributed by atoms with Crippen LogP contribution in [-0.2, 0) is 44.7 Å². The number of rotatable bonds is 7. The fourth-order valence-electron chi connectivity index (χ4n) is 3.34. The summed E-state index contributed by atoms with van der Waals surface area (Å²) in [5.74, 6) is -3.12. The minimum Gasteiger partial charge on any atom is -0.463 e. The van der Waals surface area contributed by atoms with Crippen LogP contribution in [-0.4, -0.2) is 73.5 Å². The number of aromatic nitrogens is 5. The van der Waals surface area contributed by atoms with Gasteiger partial charge in [0, 0.05) is 20.8 Å². The summed E-state index contributed by atoms with van der Waals surface area (Å²) in [5.41, 5.74) is 9.78. The minimum atomic E-state index is -1.44. The molecule has 3 heterocycles. The first-order valence-corrected chi connectivity index (χ1v) is 9.52. The largest absolute Gasteiger partial charge is 0.463 e. The number of fused-ring (bicyclic) bond motifs is 1. The van der Waals surface area contributed by atoms with Crippen LogP contribution in [0.2, 0.25) is 0 Å². The second-order valence-corrected chi connectivity index (χ2v) is 7.06. The Kier molecular flexibility index (Phi) is 6.57. The lowest BCUT2D eigenvalue weighted by atomic mass is 10.1. The number of primary amides is 1. The molecule has 0 bridgehead atoms. The number of anilines is 1. The van der Waals surface area contributed by atoms with E-state index in [9.17, 15) is 24.0 Å². The first-order valence-electron chi connectivity index (χ1n) is 9.52. The van der Waals surface area contributed by atoms with Crippen LogP contribution in [0.4, 0.5) is 5.82 Å². The first kappa shape index (κ1) is 23.6. The van der Waals surface area contributed by atoms with Gasteiger partial charge in [-0.25, -0.2) is 4.68 Å². The van der Waals surface area contributed by atoms with Gasteiger partial charge >= 0.3 is 17.9 Å². The van der Waals surface area contributed by atoms with Crippen molar-refractivity contribution in [2.45, 2.75) is 51.9 Å². The number of nitrogens with two attached hydrogens (primary N) is 2. The van der Waals surface area contributed by atoms with Crippen LogP contribution in [0.15, 0.2) is 4.79 Å². The van der Waals surface area contributed by atoms with Crippen molar-refractivity contribution >= 4 is 40.7 Å². The maximum atomic E-state index is 13.2. The maximum Gasteiger partial charge on any atom is 0.303 e. The van der Waals surface area contributed by atoms with Crippen molar-refractivity contribution in [2.24, 2.45) is 5.73 Å². The number of nitrogen functional groups attached to an aromatic ring is 1. The Morgan fingerprint density at radius 3 is 2.27 bits per heavy atom. The second-order valence-electron chi connectivity index (χ2n) is 7.06. The molecule has 4 N–H and O–H groups in total. The molecule has 16 nitrogen and oxygen atoms in total. The van der Waals surface area contributed by atoms with E-state index in [-0.39, 0.29) is 23.5 Å². The summed E-state index contributed by atoms with van der Waals surface area (Å²) >= 11 is 0. The smallest absolute Gasteiger partial charge is 0.303 e. The molecule has 2 aromatic rings. The molecule has 1 aliphatic rings. The van der Waals surface area contributed by atoms with Crippen molar-refractivity contribution in [3.8, 4) is 0 Å². The number of esters is 3. The summed E-state index contributed by atoms with van der Waals surface area (Å²) < 4.78 is 22.9. The fourth-order valence-corrected chi connectivity index (χ4v) is 3.34. The molecule has 0 spiro atoms. The standard InChI is InChI=1S/C17H21N7O9/c1-6(25)30-5-9-13(31-7(2)26)14(32-8(3)27)17(33-9)24-16(29)12-11(20-22-24)15(19)21-23(12)4-10(18)28/h9,13-14,17H,4-5H2,1-3H3,(H2,18,28)(H2,19,21). The lowest BCUT2D eigenvalue weighted by Gasteiger charge is -2.23. The highest BCUT2D eigenvalue weighted by Gasteiger charge is 2.51. The second kappa shape index (κ2) is 9.19. The molecule has 0 aliphatic carbocycles. The van der Waals surface area contributed by atoms with Crippen LogP contribution < -0.4 is 17.0 Å².